The maximum atomic E-state index is 12.9. The largest absolute Gasteiger partial charge is 0.497 e. The Labute approximate surface area is 171 Å². The predicted octanol–water partition coefficient (Wildman–Crippen LogP) is 3.04. The molecule has 0 spiro atoms. The van der Waals surface area contributed by atoms with Crippen LogP contribution in [0.3, 0.4) is 0 Å². The molecule has 1 heterocycles. The number of methoxy groups -OCH3 is 1. The van der Waals surface area contributed by atoms with Crippen LogP contribution < -0.4 is 15.2 Å². The zero-order chi connectivity index (χ0) is 20.8. The zero-order valence-corrected chi connectivity index (χ0v) is 17.0. The molecule has 1 aliphatic rings. The number of likely N-dealkylation sites (tertiary alicyclic amines) is 1. The van der Waals surface area contributed by atoms with Crippen LogP contribution in [-0.2, 0) is 11.2 Å². The highest BCUT2D eigenvalue weighted by atomic mass is 16.5. The lowest BCUT2D eigenvalue weighted by molar-refractivity contribution is -0.139. The number of carbonyl (C=O) groups excluding carboxylic acids is 2. The van der Waals surface area contributed by atoms with Crippen LogP contribution in [0.25, 0.3) is 0 Å². The highest BCUT2D eigenvalue weighted by Gasteiger charge is 2.28. The van der Waals surface area contributed by atoms with Crippen molar-refractivity contribution in [1.82, 2.24) is 4.90 Å². The predicted molar refractivity (Wildman–Crippen MR) is 111 cm³/mol. The van der Waals surface area contributed by atoms with Crippen LogP contribution in [-0.4, -0.2) is 43.0 Å². The molecule has 1 unspecified atom stereocenters. The fourth-order valence-corrected chi connectivity index (χ4v) is 3.73. The summed E-state index contributed by atoms with van der Waals surface area (Å²) in [5.41, 5.74) is 6.99. The van der Waals surface area contributed by atoms with Crippen molar-refractivity contribution in [3.05, 3.63) is 59.7 Å². The van der Waals surface area contributed by atoms with Gasteiger partial charge in [-0.1, -0.05) is 30.3 Å². The fraction of sp³-hybridized carbons (Fsp3) is 0.391. The summed E-state index contributed by atoms with van der Waals surface area (Å²) in [7, 11) is 1.53. The van der Waals surface area contributed by atoms with Gasteiger partial charge >= 0.3 is 0 Å². The molecule has 2 amide bonds. The maximum Gasteiger partial charge on any atom is 0.263 e. The molecule has 2 aromatic rings. The van der Waals surface area contributed by atoms with Gasteiger partial charge in [-0.15, -0.1) is 0 Å². The first-order chi connectivity index (χ1) is 14.0. The molecule has 29 heavy (non-hydrogen) atoms. The van der Waals surface area contributed by atoms with E-state index in [-0.39, 0.29) is 17.2 Å². The van der Waals surface area contributed by atoms with Gasteiger partial charge in [0.05, 0.1) is 12.7 Å². The molecule has 2 N–H and O–H groups in total. The molecule has 2 aromatic carbocycles. The third-order valence-corrected chi connectivity index (χ3v) is 5.40. The van der Waals surface area contributed by atoms with E-state index < -0.39 is 12.0 Å². The van der Waals surface area contributed by atoms with Crippen molar-refractivity contribution in [3.8, 4) is 11.5 Å². The monoisotopic (exact) mass is 396 g/mol. The molecular formula is C23H28N2O4. The van der Waals surface area contributed by atoms with E-state index in [0.29, 0.717) is 24.8 Å². The Morgan fingerprint density at radius 3 is 2.45 bits per heavy atom. The van der Waals surface area contributed by atoms with Crippen LogP contribution >= 0.6 is 0 Å². The number of amides is 2. The van der Waals surface area contributed by atoms with Gasteiger partial charge in [-0.3, -0.25) is 9.59 Å². The number of carbonyl (C=O) groups is 2. The van der Waals surface area contributed by atoms with Crippen LogP contribution in [0.4, 0.5) is 0 Å². The van der Waals surface area contributed by atoms with Crippen LogP contribution in [0.2, 0.25) is 0 Å². The smallest absolute Gasteiger partial charge is 0.263 e. The molecule has 0 aromatic heterocycles. The SMILES string of the molecule is COc1ccc(C(N)=O)c(OC(C)C(=O)N2CCC(Cc3ccccc3)CC2)c1. The molecule has 0 saturated carbocycles. The minimum atomic E-state index is -0.717. The van der Waals surface area contributed by atoms with Gasteiger partial charge in [0.2, 0.25) is 0 Å². The summed E-state index contributed by atoms with van der Waals surface area (Å²) in [5, 5.41) is 0. The van der Waals surface area contributed by atoms with Gasteiger partial charge in [-0.2, -0.15) is 0 Å². The third kappa shape index (κ3) is 5.28. The standard InChI is InChI=1S/C23H28N2O4/c1-16(29-21-15-19(28-2)8-9-20(21)22(24)26)23(27)25-12-10-18(11-13-25)14-17-6-4-3-5-7-17/h3-9,15-16,18H,10-14H2,1-2H3,(H2,24,26). The Hall–Kier alpha value is -3.02. The van der Waals surface area contributed by atoms with Crippen LogP contribution in [0.15, 0.2) is 48.5 Å². The second-order valence-electron chi connectivity index (χ2n) is 7.44. The van der Waals surface area contributed by atoms with E-state index in [1.54, 1.807) is 25.1 Å². The average molecular weight is 396 g/mol. The lowest BCUT2D eigenvalue weighted by Crippen LogP contribution is -2.45. The van der Waals surface area contributed by atoms with Crippen molar-refractivity contribution in [2.24, 2.45) is 11.7 Å². The molecule has 1 aliphatic heterocycles. The topological polar surface area (TPSA) is 81.9 Å². The minimum Gasteiger partial charge on any atom is -0.497 e. The minimum absolute atomic E-state index is 0.0820. The quantitative estimate of drug-likeness (QED) is 0.780. The van der Waals surface area contributed by atoms with Gasteiger partial charge in [0.25, 0.3) is 11.8 Å². The Morgan fingerprint density at radius 2 is 1.83 bits per heavy atom. The Kier molecular flexibility index (Phi) is 6.75. The number of ether oxygens (including phenoxy) is 2. The van der Waals surface area contributed by atoms with Crippen molar-refractivity contribution in [2.75, 3.05) is 20.2 Å². The van der Waals surface area contributed by atoms with Gasteiger partial charge in [-0.25, -0.2) is 0 Å². The van der Waals surface area contributed by atoms with E-state index >= 15 is 0 Å². The van der Waals surface area contributed by atoms with Crippen molar-refractivity contribution in [1.29, 1.82) is 0 Å². The molecule has 1 saturated heterocycles. The summed E-state index contributed by atoms with van der Waals surface area (Å²) in [6.45, 7) is 3.12. The number of benzene rings is 2. The second kappa shape index (κ2) is 9.45. The van der Waals surface area contributed by atoms with Gasteiger partial charge in [0.1, 0.15) is 11.5 Å². The highest BCUT2D eigenvalue weighted by molar-refractivity contribution is 5.96. The molecule has 1 atom stereocenters. The summed E-state index contributed by atoms with van der Waals surface area (Å²) in [6.07, 6.45) is 2.27. The molecule has 0 bridgehead atoms. The van der Waals surface area contributed by atoms with Crippen LogP contribution in [0, 0.1) is 5.92 Å². The summed E-state index contributed by atoms with van der Waals surface area (Å²) >= 11 is 0. The number of hydrogen-bond donors (Lipinski definition) is 1. The number of hydrogen-bond acceptors (Lipinski definition) is 4. The summed E-state index contributed by atoms with van der Waals surface area (Å²) < 4.78 is 11.0. The van der Waals surface area contributed by atoms with E-state index in [0.717, 1.165) is 19.3 Å². The molecule has 0 aliphatic carbocycles. The molecule has 154 valence electrons. The highest BCUT2D eigenvalue weighted by Crippen LogP contribution is 2.27. The van der Waals surface area contributed by atoms with Gasteiger partial charge in [0.15, 0.2) is 6.10 Å². The van der Waals surface area contributed by atoms with Crippen molar-refractivity contribution >= 4 is 11.8 Å². The number of nitrogens with two attached hydrogens (primary N) is 1. The van der Waals surface area contributed by atoms with Crippen molar-refractivity contribution in [3.63, 3.8) is 0 Å². The number of primary amides is 1. The fourth-order valence-electron chi connectivity index (χ4n) is 3.73. The van der Waals surface area contributed by atoms with Crippen LogP contribution in [0.5, 0.6) is 11.5 Å². The molecule has 0 radical (unpaired) electrons. The van der Waals surface area contributed by atoms with E-state index in [1.165, 1.54) is 12.7 Å². The molecular weight excluding hydrogens is 368 g/mol. The third-order valence-electron chi connectivity index (χ3n) is 5.40. The first-order valence-electron chi connectivity index (χ1n) is 9.95. The Bertz CT molecular complexity index is 845. The first-order valence-corrected chi connectivity index (χ1v) is 9.95. The van der Waals surface area contributed by atoms with E-state index in [4.69, 9.17) is 15.2 Å². The number of rotatable bonds is 7. The zero-order valence-electron chi connectivity index (χ0n) is 17.0. The van der Waals surface area contributed by atoms with Crippen molar-refractivity contribution in [2.45, 2.75) is 32.3 Å². The summed E-state index contributed by atoms with van der Waals surface area (Å²) in [4.78, 5) is 26.4. The summed E-state index contributed by atoms with van der Waals surface area (Å²) in [5.74, 6) is 0.686. The normalized spacial score (nSPS) is 15.6. The van der Waals surface area contributed by atoms with E-state index in [9.17, 15) is 9.59 Å². The van der Waals surface area contributed by atoms with Gasteiger partial charge in [0, 0.05) is 19.2 Å². The average Bonchev–Trinajstić information content (AvgIpc) is 2.74. The lowest BCUT2D eigenvalue weighted by Gasteiger charge is -2.33. The Morgan fingerprint density at radius 1 is 1.14 bits per heavy atom. The van der Waals surface area contributed by atoms with E-state index in [1.807, 2.05) is 11.0 Å². The first kappa shape index (κ1) is 20.7. The molecule has 3 rings (SSSR count). The van der Waals surface area contributed by atoms with E-state index in [2.05, 4.69) is 24.3 Å². The lowest BCUT2D eigenvalue weighted by atomic mass is 9.90. The molecule has 6 heteroatoms. The summed E-state index contributed by atoms with van der Waals surface area (Å²) in [6, 6.07) is 15.2. The van der Waals surface area contributed by atoms with Gasteiger partial charge < -0.3 is 20.1 Å². The maximum absolute atomic E-state index is 12.9. The second-order valence-corrected chi connectivity index (χ2v) is 7.44. The van der Waals surface area contributed by atoms with Crippen LogP contribution in [0.1, 0.15) is 35.7 Å². The molecule has 6 nitrogen and oxygen atoms in total. The number of nitrogens with zero attached hydrogens (tertiary/aromatic N) is 1. The molecule has 1 fully saturated rings. The van der Waals surface area contributed by atoms with Gasteiger partial charge in [-0.05, 0) is 49.8 Å². The van der Waals surface area contributed by atoms with Crippen molar-refractivity contribution < 1.29 is 19.1 Å². The number of piperidine rings is 1. The Balaban J connectivity index is 1.58.